The third-order valence-electron chi connectivity index (χ3n) is 3.11. The second kappa shape index (κ2) is 5.00. The summed E-state index contributed by atoms with van der Waals surface area (Å²) in [5.74, 6) is 0. The molecule has 0 saturated carbocycles. The lowest BCUT2D eigenvalue weighted by Gasteiger charge is -2.06. The zero-order valence-electron chi connectivity index (χ0n) is 10.6. The highest BCUT2D eigenvalue weighted by atomic mass is 14.9. The minimum Gasteiger partial charge on any atom is -0.348 e. The van der Waals surface area contributed by atoms with Crippen molar-refractivity contribution in [1.29, 1.82) is 0 Å². The molecular formula is C15H18N2. The quantitative estimate of drug-likeness (QED) is 0.851. The summed E-state index contributed by atoms with van der Waals surface area (Å²) in [6, 6.07) is 6.43. The van der Waals surface area contributed by atoms with E-state index in [0.717, 1.165) is 17.8 Å². The topological polar surface area (TPSA) is 28.7 Å². The van der Waals surface area contributed by atoms with Gasteiger partial charge in [-0.15, -0.1) is 0 Å². The highest BCUT2D eigenvalue weighted by molar-refractivity contribution is 5.48. The van der Waals surface area contributed by atoms with E-state index >= 15 is 0 Å². The molecule has 2 nitrogen and oxygen atoms in total. The third-order valence-corrected chi connectivity index (χ3v) is 3.11. The number of hydrogen-bond acceptors (Lipinski definition) is 1. The fourth-order valence-corrected chi connectivity index (χ4v) is 2.00. The first kappa shape index (κ1) is 11.6. The monoisotopic (exact) mass is 226 g/mol. The van der Waals surface area contributed by atoms with Crippen molar-refractivity contribution >= 4 is 6.08 Å². The van der Waals surface area contributed by atoms with Gasteiger partial charge in [-0.05, 0) is 50.0 Å². The minimum absolute atomic E-state index is 0.963. The standard InChI is InChI=1S/C15H18N2/c1-11-6-4-7-12(2)14(11)8-5-9-15-13(3)16-10-17-15/h4-7,9-10H,8H2,1-3H3,(H,16,17). The molecule has 0 bridgehead atoms. The summed E-state index contributed by atoms with van der Waals surface area (Å²) in [5.41, 5.74) is 6.26. The molecule has 0 unspecified atom stereocenters. The molecule has 1 heterocycles. The number of aromatic amines is 1. The van der Waals surface area contributed by atoms with E-state index in [1.807, 2.05) is 6.92 Å². The van der Waals surface area contributed by atoms with Gasteiger partial charge in [0.15, 0.2) is 0 Å². The van der Waals surface area contributed by atoms with Crippen LogP contribution in [0.25, 0.3) is 6.08 Å². The van der Waals surface area contributed by atoms with Crippen LogP contribution in [0.15, 0.2) is 30.6 Å². The predicted molar refractivity (Wildman–Crippen MR) is 72.0 cm³/mol. The summed E-state index contributed by atoms with van der Waals surface area (Å²) in [7, 11) is 0. The first-order chi connectivity index (χ1) is 8.18. The van der Waals surface area contributed by atoms with Crippen molar-refractivity contribution in [3.05, 3.63) is 58.7 Å². The molecule has 1 N–H and O–H groups in total. The average molecular weight is 226 g/mol. The lowest BCUT2D eigenvalue weighted by atomic mass is 10.00. The second-order valence-electron chi connectivity index (χ2n) is 4.39. The molecule has 0 amide bonds. The molecule has 0 spiro atoms. The van der Waals surface area contributed by atoms with Gasteiger partial charge in [0.1, 0.15) is 0 Å². The van der Waals surface area contributed by atoms with Crippen LogP contribution in [0, 0.1) is 20.8 Å². The van der Waals surface area contributed by atoms with Crippen LogP contribution >= 0.6 is 0 Å². The smallest absolute Gasteiger partial charge is 0.0929 e. The maximum Gasteiger partial charge on any atom is 0.0929 e. The van der Waals surface area contributed by atoms with Crippen molar-refractivity contribution in [2.75, 3.05) is 0 Å². The molecule has 0 aliphatic rings. The number of benzene rings is 1. The van der Waals surface area contributed by atoms with Crippen LogP contribution in [0.5, 0.6) is 0 Å². The van der Waals surface area contributed by atoms with E-state index in [1.54, 1.807) is 6.33 Å². The fraction of sp³-hybridized carbons (Fsp3) is 0.267. The Kier molecular flexibility index (Phi) is 3.43. The molecule has 0 saturated heterocycles. The number of nitrogens with zero attached hydrogens (tertiary/aromatic N) is 1. The number of allylic oxidation sites excluding steroid dienone is 1. The normalized spacial score (nSPS) is 11.2. The summed E-state index contributed by atoms with van der Waals surface area (Å²) >= 11 is 0. The SMILES string of the molecule is Cc1cccc(C)c1CC=Cc1nc[nH]c1C. The molecule has 2 rings (SSSR count). The molecule has 0 aliphatic carbocycles. The summed E-state index contributed by atoms with van der Waals surface area (Å²) in [6.07, 6.45) is 6.95. The summed E-state index contributed by atoms with van der Waals surface area (Å²) in [4.78, 5) is 7.33. The van der Waals surface area contributed by atoms with Gasteiger partial charge >= 0.3 is 0 Å². The van der Waals surface area contributed by atoms with Crippen LogP contribution in [0.1, 0.15) is 28.1 Å². The molecule has 1 aromatic heterocycles. The molecule has 0 aliphatic heterocycles. The van der Waals surface area contributed by atoms with Crippen molar-refractivity contribution in [3.63, 3.8) is 0 Å². The highest BCUT2D eigenvalue weighted by Gasteiger charge is 2.00. The Morgan fingerprint density at radius 3 is 2.47 bits per heavy atom. The average Bonchev–Trinajstić information content (AvgIpc) is 2.69. The Bertz CT molecular complexity index is 515. The first-order valence-corrected chi connectivity index (χ1v) is 5.90. The Morgan fingerprint density at radius 1 is 1.18 bits per heavy atom. The summed E-state index contributed by atoms with van der Waals surface area (Å²) < 4.78 is 0. The van der Waals surface area contributed by atoms with E-state index < -0.39 is 0 Å². The van der Waals surface area contributed by atoms with Crippen LogP contribution in [0.3, 0.4) is 0 Å². The second-order valence-corrected chi connectivity index (χ2v) is 4.39. The van der Waals surface area contributed by atoms with Gasteiger partial charge in [0.25, 0.3) is 0 Å². The molecule has 2 aromatic rings. The van der Waals surface area contributed by atoms with Crippen molar-refractivity contribution in [2.45, 2.75) is 27.2 Å². The Hall–Kier alpha value is -1.83. The zero-order valence-corrected chi connectivity index (χ0v) is 10.6. The van der Waals surface area contributed by atoms with Gasteiger partial charge in [-0.3, -0.25) is 0 Å². The maximum absolute atomic E-state index is 4.25. The van der Waals surface area contributed by atoms with Gasteiger partial charge in [0, 0.05) is 5.69 Å². The van der Waals surface area contributed by atoms with Crippen molar-refractivity contribution in [3.8, 4) is 0 Å². The van der Waals surface area contributed by atoms with Crippen LogP contribution < -0.4 is 0 Å². The first-order valence-electron chi connectivity index (χ1n) is 5.90. The van der Waals surface area contributed by atoms with Crippen LogP contribution in [-0.4, -0.2) is 9.97 Å². The number of nitrogens with one attached hydrogen (secondary N) is 1. The highest BCUT2D eigenvalue weighted by Crippen LogP contribution is 2.15. The van der Waals surface area contributed by atoms with E-state index in [2.05, 4.69) is 54.2 Å². The molecule has 88 valence electrons. The van der Waals surface area contributed by atoms with Crippen molar-refractivity contribution < 1.29 is 0 Å². The molecule has 0 atom stereocenters. The van der Waals surface area contributed by atoms with Crippen LogP contribution in [0.2, 0.25) is 0 Å². The number of H-pyrrole nitrogens is 1. The number of hydrogen-bond donors (Lipinski definition) is 1. The number of aryl methyl sites for hydroxylation is 3. The summed E-state index contributed by atoms with van der Waals surface area (Å²) in [6.45, 7) is 6.36. The molecular weight excluding hydrogens is 208 g/mol. The fourth-order valence-electron chi connectivity index (χ4n) is 2.00. The Morgan fingerprint density at radius 2 is 1.88 bits per heavy atom. The lowest BCUT2D eigenvalue weighted by molar-refractivity contribution is 1.17. The van der Waals surface area contributed by atoms with Gasteiger partial charge in [-0.1, -0.05) is 24.3 Å². The van der Waals surface area contributed by atoms with Gasteiger partial charge < -0.3 is 4.98 Å². The van der Waals surface area contributed by atoms with Crippen LogP contribution in [-0.2, 0) is 6.42 Å². The third kappa shape index (κ3) is 2.64. The number of aromatic nitrogens is 2. The van der Waals surface area contributed by atoms with Crippen LogP contribution in [0.4, 0.5) is 0 Å². The molecule has 0 fully saturated rings. The van der Waals surface area contributed by atoms with E-state index in [9.17, 15) is 0 Å². The van der Waals surface area contributed by atoms with E-state index in [1.165, 1.54) is 16.7 Å². The molecule has 2 heteroatoms. The van der Waals surface area contributed by atoms with E-state index in [4.69, 9.17) is 0 Å². The maximum atomic E-state index is 4.25. The predicted octanol–water partition coefficient (Wildman–Crippen LogP) is 3.59. The van der Waals surface area contributed by atoms with E-state index in [-0.39, 0.29) is 0 Å². The Balaban J connectivity index is 2.13. The van der Waals surface area contributed by atoms with Gasteiger partial charge in [-0.2, -0.15) is 0 Å². The number of imidazole rings is 1. The molecule has 0 radical (unpaired) electrons. The van der Waals surface area contributed by atoms with Gasteiger partial charge in [-0.25, -0.2) is 4.98 Å². The lowest BCUT2D eigenvalue weighted by Crippen LogP contribution is -1.91. The van der Waals surface area contributed by atoms with Gasteiger partial charge in [0.2, 0.25) is 0 Å². The largest absolute Gasteiger partial charge is 0.348 e. The molecule has 1 aromatic carbocycles. The van der Waals surface area contributed by atoms with Crippen molar-refractivity contribution in [1.82, 2.24) is 9.97 Å². The Labute approximate surface area is 102 Å². The zero-order chi connectivity index (χ0) is 12.3. The van der Waals surface area contributed by atoms with E-state index in [0.29, 0.717) is 0 Å². The number of rotatable bonds is 3. The van der Waals surface area contributed by atoms with Gasteiger partial charge in [0.05, 0.1) is 12.0 Å². The van der Waals surface area contributed by atoms with Crippen molar-refractivity contribution in [2.24, 2.45) is 0 Å². The molecule has 17 heavy (non-hydrogen) atoms. The summed E-state index contributed by atoms with van der Waals surface area (Å²) in [5, 5.41) is 0. The minimum atomic E-state index is 0.963.